The van der Waals surface area contributed by atoms with Gasteiger partial charge in [0.1, 0.15) is 25.0 Å². The number of halogens is 1. The molecule has 1 aliphatic carbocycles. The second-order valence-corrected chi connectivity index (χ2v) is 15.4. The van der Waals surface area contributed by atoms with Gasteiger partial charge in [-0.25, -0.2) is 14.2 Å². The summed E-state index contributed by atoms with van der Waals surface area (Å²) >= 11 is 0. The summed E-state index contributed by atoms with van der Waals surface area (Å²) in [7, 11) is 0. The maximum absolute atomic E-state index is 15.0. The number of carboxylic acids is 1. The number of carbonyl (C=O) groups is 7. The average Bonchev–Trinajstić information content (AvgIpc) is 3.64. The lowest BCUT2D eigenvalue weighted by Crippen LogP contribution is -2.52. The third-order valence-electron chi connectivity index (χ3n) is 11.0. The van der Waals surface area contributed by atoms with Crippen LogP contribution >= 0.6 is 0 Å². The van der Waals surface area contributed by atoms with Crippen LogP contribution in [0, 0.1) is 12.7 Å². The fraction of sp³-hybridized carbons (Fsp3) is 0.512. The van der Waals surface area contributed by atoms with E-state index in [0.717, 1.165) is 39.8 Å². The molecular weight excluding hydrogens is 843 g/mol. The van der Waals surface area contributed by atoms with Crippen LogP contribution in [0.4, 0.5) is 4.39 Å². The third kappa shape index (κ3) is 11.1. The Bertz CT molecular complexity index is 2370. The average molecular weight is 895 g/mol. The number of nitrogens with zero attached hydrogens (tertiary/aromatic N) is 3. The normalized spacial score (nSPS) is 15.0. The zero-order valence-corrected chi connectivity index (χ0v) is 35.6. The van der Waals surface area contributed by atoms with Gasteiger partial charge in [0.15, 0.2) is 0 Å². The molecule has 6 rings (SSSR count). The number of hydrogen-bond acceptors (Lipinski definition) is 14. The summed E-state index contributed by atoms with van der Waals surface area (Å²) in [5.74, 6) is -6.10. The molecule has 0 bridgehead atoms. The highest BCUT2D eigenvalue weighted by atomic mass is 19.1. The first-order chi connectivity index (χ1) is 30.8. The molecule has 2 aliphatic heterocycles. The van der Waals surface area contributed by atoms with Crippen LogP contribution in [0.15, 0.2) is 16.9 Å². The van der Waals surface area contributed by atoms with Crippen LogP contribution in [-0.2, 0) is 83.2 Å². The first-order valence-corrected chi connectivity index (χ1v) is 21.1. The van der Waals surface area contributed by atoms with Crippen molar-refractivity contribution in [2.24, 2.45) is 0 Å². The Morgan fingerprint density at radius 2 is 1.72 bits per heavy atom. The van der Waals surface area contributed by atoms with Crippen LogP contribution in [0.2, 0.25) is 0 Å². The van der Waals surface area contributed by atoms with E-state index >= 15 is 0 Å². The summed E-state index contributed by atoms with van der Waals surface area (Å²) in [6.07, 6.45) is 0.528. The molecule has 0 saturated carbocycles. The molecule has 0 saturated heterocycles. The van der Waals surface area contributed by atoms with Gasteiger partial charge in [0, 0.05) is 42.1 Å². The highest BCUT2D eigenvalue weighted by Gasteiger charge is 2.39. The standard InChI is InChI=1S/C43H51FN6O14/c1-3-9-49(42(58)32(18-36(54)55)47-34(52)7-10-60-12-14-62-15-13-61-11-8-45-23-51)21-35(53)46-19-37(56)64-40-27-16-33-39-28(20-50(33)41(57)29(27)22-63-43(40)59)26-6-4-5-25-24(2)30(44)17-31(48-39)38(25)26/h16-17,23,32,40H,3-15,18-22H2,1-2H3,(H,45,51)(H,46,53)(H,47,52)(H,54,55). The van der Waals surface area contributed by atoms with Crippen LogP contribution in [0.25, 0.3) is 22.3 Å². The highest BCUT2D eigenvalue weighted by Crippen LogP contribution is 2.42. The van der Waals surface area contributed by atoms with Crippen LogP contribution in [-0.4, -0.2) is 133 Å². The molecule has 21 heteroatoms. The molecule has 2 atom stereocenters. The second kappa shape index (κ2) is 21.8. The Hall–Kier alpha value is -6.32. The number of aliphatic carboxylic acids is 1. The van der Waals surface area contributed by atoms with Crippen molar-refractivity contribution in [1.82, 2.24) is 30.4 Å². The number of cyclic esters (lactones) is 1. The largest absolute Gasteiger partial charge is 0.481 e. The third-order valence-corrected chi connectivity index (χ3v) is 11.0. The van der Waals surface area contributed by atoms with E-state index in [-0.39, 0.29) is 69.5 Å². The van der Waals surface area contributed by atoms with Crippen molar-refractivity contribution in [3.63, 3.8) is 0 Å². The van der Waals surface area contributed by atoms with Gasteiger partial charge >= 0.3 is 17.9 Å². The minimum absolute atomic E-state index is 0.00203. The molecule has 0 fully saturated rings. The number of benzene rings is 1. The second-order valence-electron chi connectivity index (χ2n) is 15.4. The summed E-state index contributed by atoms with van der Waals surface area (Å²) in [6, 6.07) is 1.43. The minimum Gasteiger partial charge on any atom is -0.481 e. The molecule has 2 unspecified atom stereocenters. The molecule has 20 nitrogen and oxygen atoms in total. The lowest BCUT2D eigenvalue weighted by atomic mass is 9.85. The Morgan fingerprint density at radius 3 is 2.44 bits per heavy atom. The van der Waals surface area contributed by atoms with E-state index in [1.54, 1.807) is 19.9 Å². The summed E-state index contributed by atoms with van der Waals surface area (Å²) < 4.78 is 43.2. The zero-order valence-electron chi connectivity index (χ0n) is 35.6. The fourth-order valence-corrected chi connectivity index (χ4v) is 8.03. The number of ether oxygens (including phenoxy) is 5. The van der Waals surface area contributed by atoms with Crippen molar-refractivity contribution < 1.29 is 66.7 Å². The van der Waals surface area contributed by atoms with Gasteiger partial charge in [-0.2, -0.15) is 0 Å². The van der Waals surface area contributed by atoms with E-state index in [1.807, 2.05) is 0 Å². The van der Waals surface area contributed by atoms with Gasteiger partial charge in [0.2, 0.25) is 30.2 Å². The Morgan fingerprint density at radius 1 is 1.00 bits per heavy atom. The van der Waals surface area contributed by atoms with Crippen LogP contribution < -0.4 is 21.5 Å². The molecular formula is C43H51FN6O14. The molecule has 64 heavy (non-hydrogen) atoms. The van der Waals surface area contributed by atoms with Crippen LogP contribution in [0.1, 0.15) is 72.1 Å². The van der Waals surface area contributed by atoms with Gasteiger partial charge in [-0.15, -0.1) is 0 Å². The molecule has 4 amide bonds. The number of nitrogens with one attached hydrogen (secondary N) is 3. The van der Waals surface area contributed by atoms with E-state index in [9.17, 15) is 47.9 Å². The predicted octanol–water partition coefficient (Wildman–Crippen LogP) is 0.503. The number of esters is 2. The maximum Gasteiger partial charge on any atom is 0.352 e. The Labute approximate surface area is 366 Å². The number of carboxylic acid groups (broad SMARTS) is 1. The van der Waals surface area contributed by atoms with Gasteiger partial charge in [0.25, 0.3) is 5.56 Å². The smallest absolute Gasteiger partial charge is 0.352 e. The van der Waals surface area contributed by atoms with Gasteiger partial charge in [-0.05, 0) is 55.4 Å². The van der Waals surface area contributed by atoms with Crippen molar-refractivity contribution >= 4 is 52.9 Å². The number of carbonyl (C=O) groups excluding carboxylic acids is 6. The lowest BCUT2D eigenvalue weighted by molar-refractivity contribution is -0.171. The summed E-state index contributed by atoms with van der Waals surface area (Å²) in [5, 5.41) is 17.6. The molecule has 4 heterocycles. The lowest BCUT2D eigenvalue weighted by Gasteiger charge is -2.27. The van der Waals surface area contributed by atoms with Crippen molar-refractivity contribution in [1.29, 1.82) is 0 Å². The van der Waals surface area contributed by atoms with E-state index in [1.165, 1.54) is 10.6 Å². The summed E-state index contributed by atoms with van der Waals surface area (Å²) in [5.41, 5.74) is 4.36. The number of pyridine rings is 2. The molecule has 1 aromatic carbocycles. The fourth-order valence-electron chi connectivity index (χ4n) is 8.03. The molecule has 3 aliphatic rings. The highest BCUT2D eigenvalue weighted by molar-refractivity contribution is 5.94. The van der Waals surface area contributed by atoms with Crippen molar-refractivity contribution in [2.75, 3.05) is 65.8 Å². The topological polar surface area (TPSA) is 260 Å². The van der Waals surface area contributed by atoms with Crippen molar-refractivity contribution in [3.05, 3.63) is 61.7 Å². The SMILES string of the molecule is CCCN(CC(=O)NCC(=O)OC1C(=O)OCc2c1cc1n(c2=O)Cc2c-1nc1cc(F)c(C)c3c1c2CCC3)C(=O)C(CC(=O)O)NC(=O)CCOCCOCCOCCNC=O. The van der Waals surface area contributed by atoms with E-state index < -0.39 is 72.8 Å². The van der Waals surface area contributed by atoms with E-state index in [2.05, 4.69) is 16.0 Å². The van der Waals surface area contributed by atoms with Crippen molar-refractivity contribution in [3.8, 4) is 11.4 Å². The van der Waals surface area contributed by atoms with Gasteiger partial charge in [-0.1, -0.05) is 6.92 Å². The predicted molar refractivity (Wildman–Crippen MR) is 221 cm³/mol. The Kier molecular flexibility index (Phi) is 16.1. The van der Waals surface area contributed by atoms with Gasteiger partial charge in [0.05, 0.1) is 81.6 Å². The monoisotopic (exact) mass is 894 g/mol. The van der Waals surface area contributed by atoms with Gasteiger partial charge < -0.3 is 54.2 Å². The number of fused-ring (bicyclic) bond motifs is 5. The van der Waals surface area contributed by atoms with Crippen LogP contribution in [0.3, 0.4) is 0 Å². The number of aryl methyl sites for hydroxylation is 2. The summed E-state index contributed by atoms with van der Waals surface area (Å²) in [4.78, 5) is 107. The quantitative estimate of drug-likeness (QED) is 0.0424. The minimum atomic E-state index is -1.66. The molecule has 344 valence electrons. The number of amides is 4. The molecule has 4 N–H and O–H groups in total. The zero-order chi connectivity index (χ0) is 45.9. The Balaban J connectivity index is 1.03. The first-order valence-electron chi connectivity index (χ1n) is 21.1. The number of aromatic nitrogens is 2. The van der Waals surface area contributed by atoms with Gasteiger partial charge in [-0.3, -0.25) is 33.6 Å². The first kappa shape index (κ1) is 47.2. The van der Waals surface area contributed by atoms with E-state index in [4.69, 9.17) is 28.7 Å². The summed E-state index contributed by atoms with van der Waals surface area (Å²) in [6.45, 7) is 3.59. The molecule has 2 aromatic heterocycles. The van der Waals surface area contributed by atoms with Crippen LogP contribution in [0.5, 0.6) is 0 Å². The molecule has 0 radical (unpaired) electrons. The molecule has 3 aromatic rings. The maximum atomic E-state index is 15.0. The number of rotatable bonds is 24. The van der Waals surface area contributed by atoms with Crippen molar-refractivity contribution in [2.45, 2.75) is 77.7 Å². The van der Waals surface area contributed by atoms with E-state index in [0.29, 0.717) is 61.5 Å². The number of hydrogen-bond donors (Lipinski definition) is 4. The molecule has 0 spiro atoms.